The Labute approximate surface area is 156 Å². The molecule has 0 aromatic heterocycles. The van der Waals surface area contributed by atoms with E-state index in [0.29, 0.717) is 12.3 Å². The molecule has 1 saturated carbocycles. The Hall–Kier alpha value is -2.46. The van der Waals surface area contributed by atoms with Crippen molar-refractivity contribution >= 4 is 27.8 Å². The number of amides is 2. The molecule has 2 amide bonds. The molecule has 0 spiro atoms. The lowest BCUT2D eigenvalue weighted by atomic mass is 10.1. The molecule has 3 rings (SSSR count). The molecule has 0 bridgehead atoms. The predicted molar refractivity (Wildman–Crippen MR) is 94.4 cm³/mol. The van der Waals surface area contributed by atoms with Gasteiger partial charge in [-0.2, -0.15) is 4.31 Å². The number of carbonyl (C=O) groups is 3. The van der Waals surface area contributed by atoms with Crippen molar-refractivity contribution in [1.82, 2.24) is 14.9 Å². The largest absolute Gasteiger partial charge is 0.480 e. The fraction of sp³-hybridized carbons (Fsp3) is 0.471. The Morgan fingerprint density at radius 1 is 1.26 bits per heavy atom. The molecule has 1 saturated heterocycles. The third kappa shape index (κ3) is 4.64. The Morgan fingerprint density at radius 3 is 2.48 bits per heavy atom. The monoisotopic (exact) mass is 395 g/mol. The first-order valence-electron chi connectivity index (χ1n) is 8.68. The minimum atomic E-state index is -3.83. The SMILES string of the molecule is O=C1CN(S(=O)(=O)c2ccc(C(=O)NC(CC3CC3)C(=O)O)cc2)CCN1. The minimum Gasteiger partial charge on any atom is -0.480 e. The third-order valence-electron chi connectivity index (χ3n) is 4.63. The summed E-state index contributed by atoms with van der Waals surface area (Å²) in [6, 6.07) is 4.28. The number of carboxylic acid groups (broad SMARTS) is 1. The molecule has 1 aromatic rings. The number of hydrogen-bond donors (Lipinski definition) is 3. The standard InChI is InChI=1S/C17H21N3O6S/c21-15-10-20(8-7-18-15)27(25,26)13-5-3-12(4-6-13)16(22)19-14(17(23)24)9-11-1-2-11/h3-6,11,14H,1-2,7-10H2,(H,18,21)(H,19,22)(H,23,24). The van der Waals surface area contributed by atoms with Crippen LogP contribution >= 0.6 is 0 Å². The van der Waals surface area contributed by atoms with Gasteiger partial charge in [0, 0.05) is 18.7 Å². The summed E-state index contributed by atoms with van der Waals surface area (Å²) < 4.78 is 26.2. The molecular formula is C17H21N3O6S. The van der Waals surface area contributed by atoms with Gasteiger partial charge in [-0.05, 0) is 36.6 Å². The molecule has 1 unspecified atom stereocenters. The second kappa shape index (κ2) is 7.65. The molecule has 2 aliphatic rings. The maximum atomic E-state index is 12.6. The van der Waals surface area contributed by atoms with E-state index >= 15 is 0 Å². The second-order valence-corrected chi connectivity index (χ2v) is 8.69. The molecule has 1 aliphatic carbocycles. The van der Waals surface area contributed by atoms with E-state index in [2.05, 4.69) is 10.6 Å². The van der Waals surface area contributed by atoms with E-state index in [1.807, 2.05) is 0 Å². The van der Waals surface area contributed by atoms with Crippen molar-refractivity contribution in [3.63, 3.8) is 0 Å². The average Bonchev–Trinajstić information content (AvgIpc) is 3.45. The molecule has 146 valence electrons. The van der Waals surface area contributed by atoms with Gasteiger partial charge in [0.25, 0.3) is 5.91 Å². The van der Waals surface area contributed by atoms with Gasteiger partial charge in [0.1, 0.15) is 6.04 Å². The second-order valence-electron chi connectivity index (χ2n) is 6.76. The lowest BCUT2D eigenvalue weighted by Gasteiger charge is -2.25. The van der Waals surface area contributed by atoms with E-state index in [9.17, 15) is 27.9 Å². The van der Waals surface area contributed by atoms with Crippen molar-refractivity contribution in [3.8, 4) is 0 Å². The summed E-state index contributed by atoms with van der Waals surface area (Å²) in [5.41, 5.74) is 0.174. The van der Waals surface area contributed by atoms with Gasteiger partial charge >= 0.3 is 5.97 Å². The molecule has 1 atom stereocenters. The van der Waals surface area contributed by atoms with Crippen LogP contribution in [0.3, 0.4) is 0 Å². The van der Waals surface area contributed by atoms with Gasteiger partial charge in [0.15, 0.2) is 0 Å². The molecule has 10 heteroatoms. The molecular weight excluding hydrogens is 374 g/mol. The number of rotatable bonds is 7. The zero-order valence-electron chi connectivity index (χ0n) is 14.6. The van der Waals surface area contributed by atoms with Crippen LogP contribution in [0.5, 0.6) is 0 Å². The summed E-state index contributed by atoms with van der Waals surface area (Å²) in [5.74, 6) is -1.68. The number of sulfonamides is 1. The zero-order valence-corrected chi connectivity index (χ0v) is 15.4. The number of hydrogen-bond acceptors (Lipinski definition) is 5. The Balaban J connectivity index is 1.69. The van der Waals surface area contributed by atoms with Crippen LogP contribution in [0.4, 0.5) is 0 Å². The van der Waals surface area contributed by atoms with E-state index in [1.165, 1.54) is 24.3 Å². The van der Waals surface area contributed by atoms with Gasteiger partial charge in [-0.3, -0.25) is 9.59 Å². The number of carboxylic acids is 1. The van der Waals surface area contributed by atoms with Gasteiger partial charge in [-0.25, -0.2) is 13.2 Å². The Bertz CT molecular complexity index is 848. The average molecular weight is 395 g/mol. The molecule has 0 radical (unpaired) electrons. The van der Waals surface area contributed by atoms with Crippen molar-refractivity contribution in [2.45, 2.75) is 30.2 Å². The molecule has 3 N–H and O–H groups in total. The van der Waals surface area contributed by atoms with Crippen LogP contribution in [0.1, 0.15) is 29.6 Å². The number of nitrogens with zero attached hydrogens (tertiary/aromatic N) is 1. The van der Waals surface area contributed by atoms with Crippen LogP contribution in [0.2, 0.25) is 0 Å². The third-order valence-corrected chi connectivity index (χ3v) is 6.49. The number of carbonyl (C=O) groups excluding carboxylic acids is 2. The Morgan fingerprint density at radius 2 is 1.93 bits per heavy atom. The summed E-state index contributed by atoms with van der Waals surface area (Å²) >= 11 is 0. The fourth-order valence-corrected chi connectivity index (χ4v) is 4.29. The highest BCUT2D eigenvalue weighted by atomic mass is 32.2. The summed E-state index contributed by atoms with van der Waals surface area (Å²) in [4.78, 5) is 35.0. The predicted octanol–water partition coefficient (Wildman–Crippen LogP) is -0.210. The van der Waals surface area contributed by atoms with E-state index < -0.39 is 27.9 Å². The van der Waals surface area contributed by atoms with Crippen molar-refractivity contribution in [2.75, 3.05) is 19.6 Å². The van der Waals surface area contributed by atoms with E-state index in [0.717, 1.165) is 17.1 Å². The van der Waals surface area contributed by atoms with E-state index in [1.54, 1.807) is 0 Å². The number of piperazine rings is 1. The van der Waals surface area contributed by atoms with E-state index in [-0.39, 0.29) is 36.0 Å². The van der Waals surface area contributed by atoms with Gasteiger partial charge < -0.3 is 15.7 Å². The number of aliphatic carboxylic acids is 1. The topological polar surface area (TPSA) is 133 Å². The van der Waals surface area contributed by atoms with Crippen LogP contribution in [0, 0.1) is 5.92 Å². The molecule has 1 aliphatic heterocycles. The van der Waals surface area contributed by atoms with Crippen molar-refractivity contribution in [2.24, 2.45) is 5.92 Å². The minimum absolute atomic E-state index is 0.0264. The first kappa shape index (κ1) is 19.3. The molecule has 9 nitrogen and oxygen atoms in total. The summed E-state index contributed by atoms with van der Waals surface area (Å²) in [5, 5.41) is 14.3. The van der Waals surface area contributed by atoms with Crippen LogP contribution in [-0.4, -0.2) is 61.3 Å². The highest BCUT2D eigenvalue weighted by Crippen LogP contribution is 2.33. The van der Waals surface area contributed by atoms with Crippen molar-refractivity contribution in [1.29, 1.82) is 0 Å². The Kier molecular flexibility index (Phi) is 5.47. The first-order chi connectivity index (χ1) is 12.8. The first-order valence-corrected chi connectivity index (χ1v) is 10.1. The summed E-state index contributed by atoms with van der Waals surface area (Å²) in [6.45, 7) is 0.180. The highest BCUT2D eigenvalue weighted by molar-refractivity contribution is 7.89. The zero-order chi connectivity index (χ0) is 19.6. The van der Waals surface area contributed by atoms with Crippen LogP contribution in [0.25, 0.3) is 0 Å². The smallest absolute Gasteiger partial charge is 0.326 e. The van der Waals surface area contributed by atoms with Crippen molar-refractivity contribution in [3.05, 3.63) is 29.8 Å². The maximum Gasteiger partial charge on any atom is 0.326 e. The van der Waals surface area contributed by atoms with Crippen LogP contribution in [-0.2, 0) is 19.6 Å². The maximum absolute atomic E-state index is 12.6. The van der Waals surface area contributed by atoms with Gasteiger partial charge in [0.2, 0.25) is 15.9 Å². The van der Waals surface area contributed by atoms with Gasteiger partial charge in [-0.1, -0.05) is 12.8 Å². The lowest BCUT2D eigenvalue weighted by molar-refractivity contribution is -0.139. The van der Waals surface area contributed by atoms with Crippen molar-refractivity contribution < 1.29 is 27.9 Å². The number of nitrogens with one attached hydrogen (secondary N) is 2. The normalized spacial score (nSPS) is 19.2. The molecule has 2 fully saturated rings. The van der Waals surface area contributed by atoms with Gasteiger partial charge in [-0.15, -0.1) is 0 Å². The fourth-order valence-electron chi connectivity index (χ4n) is 2.90. The lowest BCUT2D eigenvalue weighted by Crippen LogP contribution is -2.49. The highest BCUT2D eigenvalue weighted by Gasteiger charge is 2.31. The molecule has 1 heterocycles. The summed E-state index contributed by atoms with van der Waals surface area (Å²) in [6.07, 6.45) is 2.34. The summed E-state index contributed by atoms with van der Waals surface area (Å²) in [7, 11) is -3.83. The van der Waals surface area contributed by atoms with Crippen LogP contribution < -0.4 is 10.6 Å². The van der Waals surface area contributed by atoms with Gasteiger partial charge in [0.05, 0.1) is 11.4 Å². The number of benzene rings is 1. The quantitative estimate of drug-likeness (QED) is 0.585. The van der Waals surface area contributed by atoms with E-state index in [4.69, 9.17) is 0 Å². The molecule has 1 aromatic carbocycles. The van der Waals surface area contributed by atoms with Crippen LogP contribution in [0.15, 0.2) is 29.2 Å². The molecule has 27 heavy (non-hydrogen) atoms.